The number of nitrogens with one attached hydrogen (secondary N) is 1. The van der Waals surface area contributed by atoms with Gasteiger partial charge in [-0.3, -0.25) is 10.1 Å². The Morgan fingerprint density at radius 3 is 2.36 bits per heavy atom. The Kier molecular flexibility index (Phi) is 4.73. The molecule has 2 aromatic carbocycles. The van der Waals surface area contributed by atoms with E-state index in [1.165, 1.54) is 36.3 Å². The second-order valence-electron chi connectivity index (χ2n) is 4.50. The molecular formula is C16H15FN2O3. The van der Waals surface area contributed by atoms with Crippen LogP contribution < -0.4 is 10.2 Å². The molecule has 0 aliphatic heterocycles. The molecule has 0 aliphatic carbocycles. The first-order valence-corrected chi connectivity index (χ1v) is 6.50. The lowest BCUT2D eigenvalue weighted by molar-refractivity contribution is 0.0994. The fraction of sp³-hybridized carbons (Fsp3) is 0.125. The Labute approximate surface area is 127 Å². The number of amides is 2. The van der Waals surface area contributed by atoms with Gasteiger partial charge in [0.15, 0.2) is 0 Å². The highest BCUT2D eigenvalue weighted by molar-refractivity contribution is 6.10. The van der Waals surface area contributed by atoms with Crippen LogP contribution in [0.5, 0.6) is 0 Å². The molecule has 0 saturated carbocycles. The predicted octanol–water partition coefficient (Wildman–Crippen LogP) is 3.28. The van der Waals surface area contributed by atoms with Gasteiger partial charge in [0.1, 0.15) is 5.82 Å². The molecule has 0 aromatic heterocycles. The number of para-hydroxylation sites is 1. The summed E-state index contributed by atoms with van der Waals surface area (Å²) in [5.74, 6) is -0.712. The number of carbonyl (C=O) groups is 2. The Morgan fingerprint density at radius 1 is 1.09 bits per heavy atom. The van der Waals surface area contributed by atoms with E-state index in [2.05, 4.69) is 10.1 Å². The van der Waals surface area contributed by atoms with Crippen molar-refractivity contribution < 1.29 is 18.7 Å². The molecule has 0 heterocycles. The van der Waals surface area contributed by atoms with E-state index in [-0.39, 0.29) is 11.7 Å². The molecule has 0 saturated heterocycles. The van der Waals surface area contributed by atoms with Crippen LogP contribution in [0.4, 0.5) is 20.6 Å². The SMILES string of the molecule is COC(=O)Nc1ccccc1C(=O)N(C)c1ccc(F)cc1. The van der Waals surface area contributed by atoms with Gasteiger partial charge in [0, 0.05) is 12.7 Å². The van der Waals surface area contributed by atoms with Crippen molar-refractivity contribution in [2.45, 2.75) is 0 Å². The van der Waals surface area contributed by atoms with Crippen molar-refractivity contribution >= 4 is 23.4 Å². The van der Waals surface area contributed by atoms with E-state index in [1.54, 1.807) is 31.3 Å². The van der Waals surface area contributed by atoms with Crippen LogP contribution in [-0.4, -0.2) is 26.2 Å². The molecule has 0 fully saturated rings. The maximum Gasteiger partial charge on any atom is 0.411 e. The summed E-state index contributed by atoms with van der Waals surface area (Å²) < 4.78 is 17.5. The van der Waals surface area contributed by atoms with E-state index in [9.17, 15) is 14.0 Å². The number of hydrogen-bond donors (Lipinski definition) is 1. The van der Waals surface area contributed by atoms with Crippen molar-refractivity contribution in [2.24, 2.45) is 0 Å². The maximum atomic E-state index is 13.0. The lowest BCUT2D eigenvalue weighted by Crippen LogP contribution is -2.27. The normalized spacial score (nSPS) is 9.95. The highest BCUT2D eigenvalue weighted by atomic mass is 19.1. The van der Waals surface area contributed by atoms with Gasteiger partial charge in [0.05, 0.1) is 18.4 Å². The Bertz CT molecular complexity index is 686. The number of nitrogens with zero attached hydrogens (tertiary/aromatic N) is 1. The average molecular weight is 302 g/mol. The monoisotopic (exact) mass is 302 g/mol. The third-order valence-electron chi connectivity index (χ3n) is 3.10. The number of anilines is 2. The maximum absolute atomic E-state index is 13.0. The van der Waals surface area contributed by atoms with E-state index < -0.39 is 6.09 Å². The van der Waals surface area contributed by atoms with Crippen LogP contribution in [0.1, 0.15) is 10.4 Å². The zero-order chi connectivity index (χ0) is 16.1. The Morgan fingerprint density at radius 2 is 1.73 bits per heavy atom. The Balaban J connectivity index is 2.29. The van der Waals surface area contributed by atoms with Gasteiger partial charge in [-0.05, 0) is 36.4 Å². The van der Waals surface area contributed by atoms with Gasteiger partial charge in [-0.15, -0.1) is 0 Å². The van der Waals surface area contributed by atoms with E-state index in [0.29, 0.717) is 16.9 Å². The van der Waals surface area contributed by atoms with Crippen molar-refractivity contribution in [3.63, 3.8) is 0 Å². The molecule has 114 valence electrons. The lowest BCUT2D eigenvalue weighted by Gasteiger charge is -2.19. The topological polar surface area (TPSA) is 58.6 Å². The molecule has 5 nitrogen and oxygen atoms in total. The molecule has 0 aliphatic rings. The quantitative estimate of drug-likeness (QED) is 0.946. The zero-order valence-corrected chi connectivity index (χ0v) is 12.2. The molecule has 2 aromatic rings. The van der Waals surface area contributed by atoms with Crippen LogP contribution >= 0.6 is 0 Å². The molecule has 0 radical (unpaired) electrons. The first-order valence-electron chi connectivity index (χ1n) is 6.50. The zero-order valence-electron chi connectivity index (χ0n) is 12.2. The number of methoxy groups -OCH3 is 1. The number of carbonyl (C=O) groups excluding carboxylic acids is 2. The predicted molar refractivity (Wildman–Crippen MR) is 81.6 cm³/mol. The molecule has 22 heavy (non-hydrogen) atoms. The molecule has 0 atom stereocenters. The number of benzene rings is 2. The van der Waals surface area contributed by atoms with Crippen molar-refractivity contribution in [3.8, 4) is 0 Å². The first-order chi connectivity index (χ1) is 10.5. The summed E-state index contributed by atoms with van der Waals surface area (Å²) in [5, 5.41) is 2.49. The van der Waals surface area contributed by atoms with Gasteiger partial charge < -0.3 is 9.64 Å². The minimum Gasteiger partial charge on any atom is -0.453 e. The summed E-state index contributed by atoms with van der Waals surface area (Å²) in [5.41, 5.74) is 1.19. The number of hydrogen-bond acceptors (Lipinski definition) is 3. The lowest BCUT2D eigenvalue weighted by atomic mass is 10.1. The summed E-state index contributed by atoms with van der Waals surface area (Å²) in [4.78, 5) is 25.3. The second kappa shape index (κ2) is 6.71. The first kappa shape index (κ1) is 15.5. The van der Waals surface area contributed by atoms with Crippen molar-refractivity contribution in [3.05, 3.63) is 59.9 Å². The van der Waals surface area contributed by atoms with Crippen LogP contribution in [0.25, 0.3) is 0 Å². The molecule has 0 spiro atoms. The van der Waals surface area contributed by atoms with E-state index in [1.807, 2.05) is 0 Å². The largest absolute Gasteiger partial charge is 0.453 e. The minimum atomic E-state index is -0.662. The molecule has 6 heteroatoms. The van der Waals surface area contributed by atoms with E-state index in [0.717, 1.165) is 0 Å². The summed E-state index contributed by atoms with van der Waals surface area (Å²) >= 11 is 0. The van der Waals surface area contributed by atoms with Gasteiger partial charge >= 0.3 is 6.09 Å². The minimum absolute atomic E-state index is 0.305. The van der Waals surface area contributed by atoms with Gasteiger partial charge in [0.2, 0.25) is 0 Å². The molecule has 0 unspecified atom stereocenters. The van der Waals surface area contributed by atoms with Gasteiger partial charge in [-0.2, -0.15) is 0 Å². The fourth-order valence-corrected chi connectivity index (χ4v) is 1.90. The van der Waals surface area contributed by atoms with E-state index >= 15 is 0 Å². The van der Waals surface area contributed by atoms with Gasteiger partial charge in [-0.1, -0.05) is 12.1 Å². The van der Waals surface area contributed by atoms with Gasteiger partial charge in [0.25, 0.3) is 5.91 Å². The third kappa shape index (κ3) is 3.41. The summed E-state index contributed by atoms with van der Waals surface area (Å²) in [6.07, 6.45) is -0.662. The number of halogens is 1. The molecule has 2 rings (SSSR count). The fourth-order valence-electron chi connectivity index (χ4n) is 1.90. The van der Waals surface area contributed by atoms with Crippen LogP contribution in [0.3, 0.4) is 0 Å². The summed E-state index contributed by atoms with van der Waals surface area (Å²) in [6.45, 7) is 0. The van der Waals surface area contributed by atoms with Crippen molar-refractivity contribution in [1.29, 1.82) is 0 Å². The third-order valence-corrected chi connectivity index (χ3v) is 3.10. The molecular weight excluding hydrogens is 287 g/mol. The molecule has 0 bridgehead atoms. The van der Waals surface area contributed by atoms with E-state index in [4.69, 9.17) is 0 Å². The Hall–Kier alpha value is -2.89. The standard InChI is InChI=1S/C16H15FN2O3/c1-19(12-9-7-11(17)8-10-12)15(20)13-5-3-4-6-14(13)18-16(21)22-2/h3-10H,1-2H3,(H,18,21). The molecule has 1 N–H and O–H groups in total. The van der Waals surface area contributed by atoms with Crippen molar-refractivity contribution in [1.82, 2.24) is 0 Å². The van der Waals surface area contributed by atoms with Crippen LogP contribution in [0, 0.1) is 5.82 Å². The number of ether oxygens (including phenoxy) is 1. The highest BCUT2D eigenvalue weighted by Gasteiger charge is 2.18. The van der Waals surface area contributed by atoms with Crippen LogP contribution in [-0.2, 0) is 4.74 Å². The molecule has 2 amide bonds. The average Bonchev–Trinajstić information content (AvgIpc) is 2.54. The van der Waals surface area contributed by atoms with Crippen LogP contribution in [0.15, 0.2) is 48.5 Å². The van der Waals surface area contributed by atoms with Crippen molar-refractivity contribution in [2.75, 3.05) is 24.4 Å². The highest BCUT2D eigenvalue weighted by Crippen LogP contribution is 2.21. The van der Waals surface area contributed by atoms with Gasteiger partial charge in [-0.25, -0.2) is 9.18 Å². The smallest absolute Gasteiger partial charge is 0.411 e. The summed E-state index contributed by atoms with van der Waals surface area (Å²) in [7, 11) is 2.81. The van der Waals surface area contributed by atoms with Crippen LogP contribution in [0.2, 0.25) is 0 Å². The second-order valence-corrected chi connectivity index (χ2v) is 4.50. The number of rotatable bonds is 3. The summed E-state index contributed by atoms with van der Waals surface area (Å²) in [6, 6.07) is 12.1.